The van der Waals surface area contributed by atoms with Gasteiger partial charge in [0.1, 0.15) is 5.15 Å². The SMILES string of the molecule is O=C(C#Cc1ccccc1)c1cc(Br)cnc1Cl. The maximum Gasteiger partial charge on any atom is 0.239 e. The highest BCUT2D eigenvalue weighted by molar-refractivity contribution is 9.10. The lowest BCUT2D eigenvalue weighted by molar-refractivity contribution is 0.105. The Morgan fingerprint density at radius 2 is 2.00 bits per heavy atom. The number of ketones is 1. The maximum absolute atomic E-state index is 11.9. The number of hydrogen-bond acceptors (Lipinski definition) is 2. The normalized spacial score (nSPS) is 9.44. The molecule has 2 nitrogen and oxygen atoms in total. The molecule has 4 heteroatoms. The number of carbonyl (C=O) groups excluding carboxylic acids is 1. The van der Waals surface area contributed by atoms with Crippen molar-refractivity contribution in [2.45, 2.75) is 0 Å². The van der Waals surface area contributed by atoms with Gasteiger partial charge in [-0.3, -0.25) is 4.79 Å². The highest BCUT2D eigenvalue weighted by atomic mass is 79.9. The average Bonchev–Trinajstić information content (AvgIpc) is 2.40. The quantitative estimate of drug-likeness (QED) is 0.455. The Morgan fingerprint density at radius 3 is 2.72 bits per heavy atom. The topological polar surface area (TPSA) is 30.0 Å². The highest BCUT2D eigenvalue weighted by Gasteiger charge is 2.09. The van der Waals surface area contributed by atoms with Gasteiger partial charge in [0.15, 0.2) is 0 Å². The predicted molar refractivity (Wildman–Crippen MR) is 74.6 cm³/mol. The third-order valence-electron chi connectivity index (χ3n) is 2.14. The Balaban J connectivity index is 2.28. The van der Waals surface area contributed by atoms with E-state index in [-0.39, 0.29) is 10.9 Å². The Hall–Kier alpha value is -1.63. The fourth-order valence-corrected chi connectivity index (χ4v) is 1.82. The molecule has 2 rings (SSSR count). The molecule has 2 aromatic rings. The standard InChI is InChI=1S/C14H7BrClNO/c15-11-8-12(14(16)17-9-11)13(18)7-6-10-4-2-1-3-5-10/h1-5,8-9H. The molecular formula is C14H7BrClNO. The molecule has 0 spiro atoms. The minimum absolute atomic E-state index is 0.158. The van der Waals surface area contributed by atoms with Crippen molar-refractivity contribution in [2.24, 2.45) is 0 Å². The Kier molecular flexibility index (Phi) is 4.14. The van der Waals surface area contributed by atoms with Crippen LogP contribution in [-0.2, 0) is 0 Å². The van der Waals surface area contributed by atoms with Gasteiger partial charge in [-0.15, -0.1) is 0 Å². The van der Waals surface area contributed by atoms with E-state index in [1.54, 1.807) is 6.07 Å². The first-order valence-electron chi connectivity index (χ1n) is 5.09. The highest BCUT2D eigenvalue weighted by Crippen LogP contribution is 2.18. The number of halogens is 2. The molecule has 1 aromatic carbocycles. The number of rotatable bonds is 1. The van der Waals surface area contributed by atoms with Crippen LogP contribution in [0.15, 0.2) is 47.1 Å². The predicted octanol–water partition coefficient (Wildman–Crippen LogP) is 3.73. The molecule has 0 atom stereocenters. The van der Waals surface area contributed by atoms with Crippen LogP contribution in [0.5, 0.6) is 0 Å². The first-order chi connectivity index (χ1) is 8.66. The van der Waals surface area contributed by atoms with Gasteiger partial charge in [0.05, 0.1) is 5.56 Å². The van der Waals surface area contributed by atoms with Crippen LogP contribution in [0.4, 0.5) is 0 Å². The van der Waals surface area contributed by atoms with Gasteiger partial charge in [-0.1, -0.05) is 35.7 Å². The van der Waals surface area contributed by atoms with Crippen molar-refractivity contribution < 1.29 is 4.79 Å². The Morgan fingerprint density at radius 1 is 1.28 bits per heavy atom. The van der Waals surface area contributed by atoms with Gasteiger partial charge >= 0.3 is 0 Å². The number of benzene rings is 1. The second-order valence-corrected chi connectivity index (χ2v) is 4.71. The first-order valence-corrected chi connectivity index (χ1v) is 6.26. The summed E-state index contributed by atoms with van der Waals surface area (Å²) in [7, 11) is 0. The summed E-state index contributed by atoms with van der Waals surface area (Å²) in [4.78, 5) is 15.8. The van der Waals surface area contributed by atoms with E-state index in [0.29, 0.717) is 10.0 Å². The lowest BCUT2D eigenvalue weighted by Crippen LogP contribution is -1.98. The fourth-order valence-electron chi connectivity index (χ4n) is 1.30. The molecule has 1 aromatic heterocycles. The lowest BCUT2D eigenvalue weighted by atomic mass is 10.1. The maximum atomic E-state index is 11.9. The van der Waals surface area contributed by atoms with Crippen molar-refractivity contribution >= 4 is 33.3 Å². The van der Waals surface area contributed by atoms with E-state index in [0.717, 1.165) is 5.56 Å². The zero-order valence-electron chi connectivity index (χ0n) is 9.15. The van der Waals surface area contributed by atoms with E-state index in [1.807, 2.05) is 30.3 Å². The molecule has 0 radical (unpaired) electrons. The number of nitrogens with zero attached hydrogens (tertiary/aromatic N) is 1. The number of pyridine rings is 1. The smallest absolute Gasteiger partial charge is 0.239 e. The summed E-state index contributed by atoms with van der Waals surface area (Å²) in [6.07, 6.45) is 1.53. The minimum atomic E-state index is -0.349. The first kappa shape index (κ1) is 12.8. The largest absolute Gasteiger partial charge is 0.279 e. The van der Waals surface area contributed by atoms with Crippen molar-refractivity contribution in [3.63, 3.8) is 0 Å². The van der Waals surface area contributed by atoms with Crippen molar-refractivity contribution in [3.8, 4) is 11.8 Å². The van der Waals surface area contributed by atoms with Crippen molar-refractivity contribution in [1.29, 1.82) is 0 Å². The molecule has 0 bridgehead atoms. The molecule has 0 aliphatic carbocycles. The monoisotopic (exact) mass is 319 g/mol. The zero-order chi connectivity index (χ0) is 13.0. The van der Waals surface area contributed by atoms with Gasteiger partial charge in [0.25, 0.3) is 0 Å². The summed E-state index contributed by atoms with van der Waals surface area (Å²) in [6, 6.07) is 10.9. The average molecular weight is 321 g/mol. The van der Waals surface area contributed by atoms with Crippen molar-refractivity contribution in [2.75, 3.05) is 0 Å². The molecule has 0 N–H and O–H groups in total. The number of aromatic nitrogens is 1. The molecule has 0 unspecified atom stereocenters. The number of carbonyl (C=O) groups is 1. The second kappa shape index (κ2) is 5.81. The van der Waals surface area contributed by atoms with E-state index >= 15 is 0 Å². The van der Waals surface area contributed by atoms with E-state index in [2.05, 4.69) is 32.8 Å². The van der Waals surface area contributed by atoms with Crippen LogP contribution in [0.2, 0.25) is 5.15 Å². The van der Waals surface area contributed by atoms with E-state index in [9.17, 15) is 4.79 Å². The molecule has 0 saturated carbocycles. The van der Waals surface area contributed by atoms with Crippen LogP contribution in [0.3, 0.4) is 0 Å². The third-order valence-corrected chi connectivity index (χ3v) is 2.88. The zero-order valence-corrected chi connectivity index (χ0v) is 11.5. The number of Topliss-reactive ketones (excluding diaryl/α,β-unsaturated/α-hetero) is 1. The summed E-state index contributed by atoms with van der Waals surface area (Å²) in [5, 5.41) is 0.158. The van der Waals surface area contributed by atoms with Crippen molar-refractivity contribution in [3.05, 3.63) is 63.3 Å². The molecular weight excluding hydrogens is 314 g/mol. The van der Waals surface area contributed by atoms with Gasteiger partial charge in [-0.25, -0.2) is 4.98 Å². The summed E-state index contributed by atoms with van der Waals surface area (Å²) >= 11 is 9.09. The third kappa shape index (κ3) is 3.19. The van der Waals surface area contributed by atoms with Crippen LogP contribution >= 0.6 is 27.5 Å². The Bertz CT molecular complexity index is 644. The van der Waals surface area contributed by atoms with Crippen LogP contribution in [0, 0.1) is 11.8 Å². The van der Waals surface area contributed by atoms with Crippen LogP contribution in [0.25, 0.3) is 0 Å². The minimum Gasteiger partial charge on any atom is -0.279 e. The summed E-state index contributed by atoms with van der Waals surface area (Å²) < 4.78 is 0.691. The van der Waals surface area contributed by atoms with Crippen molar-refractivity contribution in [1.82, 2.24) is 4.98 Å². The van der Waals surface area contributed by atoms with Crippen LogP contribution in [-0.4, -0.2) is 10.8 Å². The fraction of sp³-hybridized carbons (Fsp3) is 0. The molecule has 0 aliphatic rings. The van der Waals surface area contributed by atoms with Gasteiger partial charge in [-0.2, -0.15) is 0 Å². The second-order valence-electron chi connectivity index (χ2n) is 3.44. The van der Waals surface area contributed by atoms with Crippen LogP contribution < -0.4 is 0 Å². The summed E-state index contributed by atoms with van der Waals surface area (Å²) in [6.45, 7) is 0. The molecule has 0 fully saturated rings. The molecule has 1 heterocycles. The summed E-state index contributed by atoms with van der Waals surface area (Å²) in [5.74, 6) is 4.99. The summed E-state index contributed by atoms with van der Waals surface area (Å²) in [5.41, 5.74) is 1.08. The van der Waals surface area contributed by atoms with Gasteiger partial charge < -0.3 is 0 Å². The molecule has 88 valence electrons. The van der Waals surface area contributed by atoms with Gasteiger partial charge in [0, 0.05) is 16.2 Å². The number of hydrogen-bond donors (Lipinski definition) is 0. The molecule has 0 aliphatic heterocycles. The molecule has 0 saturated heterocycles. The molecule has 0 amide bonds. The van der Waals surface area contributed by atoms with E-state index in [4.69, 9.17) is 11.6 Å². The van der Waals surface area contributed by atoms with E-state index < -0.39 is 0 Å². The lowest BCUT2D eigenvalue weighted by Gasteiger charge is -1.97. The van der Waals surface area contributed by atoms with E-state index in [1.165, 1.54) is 6.20 Å². The van der Waals surface area contributed by atoms with Gasteiger partial charge in [0.2, 0.25) is 5.78 Å². The van der Waals surface area contributed by atoms with Crippen LogP contribution in [0.1, 0.15) is 15.9 Å². The van der Waals surface area contributed by atoms with Gasteiger partial charge in [-0.05, 0) is 40.0 Å². The molecule has 18 heavy (non-hydrogen) atoms. The Labute approximate surface area is 118 Å².